The van der Waals surface area contributed by atoms with Crippen molar-refractivity contribution in [3.05, 3.63) is 16.1 Å². The minimum absolute atomic E-state index is 0.137. The summed E-state index contributed by atoms with van der Waals surface area (Å²) < 4.78 is 36.8. The lowest BCUT2D eigenvalue weighted by atomic mass is 10.1. The summed E-state index contributed by atoms with van der Waals surface area (Å²) in [6.45, 7) is 1.26. The van der Waals surface area contributed by atoms with E-state index < -0.39 is 24.6 Å². The normalized spacial score (nSPS) is 13.6. The predicted octanol–water partition coefficient (Wildman–Crippen LogP) is 1.80. The molecule has 4 nitrogen and oxygen atoms in total. The summed E-state index contributed by atoms with van der Waals surface area (Å²) >= 11 is 1.31. The molecule has 8 heteroatoms. The Bertz CT molecular complexity index is 392. The Morgan fingerprint density at radius 3 is 2.71 bits per heavy atom. The maximum atomic E-state index is 12.3. The van der Waals surface area contributed by atoms with Gasteiger partial charge in [0.05, 0.1) is 0 Å². The number of aliphatic carboxylic acids is 1. The molecular formula is C9H11F3N2O2S. The number of aromatic nitrogens is 1. The molecule has 17 heavy (non-hydrogen) atoms. The van der Waals surface area contributed by atoms with Crippen molar-refractivity contribution in [3.63, 3.8) is 0 Å². The van der Waals surface area contributed by atoms with E-state index in [9.17, 15) is 18.0 Å². The molecule has 96 valence electrons. The van der Waals surface area contributed by atoms with Crippen molar-refractivity contribution in [1.82, 2.24) is 10.3 Å². The average Bonchev–Trinajstić information content (AvgIpc) is 2.56. The van der Waals surface area contributed by atoms with E-state index in [-0.39, 0.29) is 6.54 Å². The van der Waals surface area contributed by atoms with Crippen molar-refractivity contribution >= 4 is 17.3 Å². The molecule has 0 amide bonds. The second-order valence-corrected chi connectivity index (χ2v) is 4.39. The molecule has 0 spiro atoms. The van der Waals surface area contributed by atoms with E-state index in [2.05, 4.69) is 10.3 Å². The summed E-state index contributed by atoms with van der Waals surface area (Å²) in [6, 6.07) is 0. The van der Waals surface area contributed by atoms with Gasteiger partial charge >= 0.3 is 12.1 Å². The molecule has 1 unspecified atom stereocenters. The third-order valence-corrected chi connectivity index (χ3v) is 2.95. The van der Waals surface area contributed by atoms with E-state index in [1.54, 1.807) is 12.3 Å². The van der Waals surface area contributed by atoms with Gasteiger partial charge in [-0.2, -0.15) is 13.2 Å². The number of alkyl halides is 3. The maximum Gasteiger partial charge on any atom is 0.403 e. The minimum Gasteiger partial charge on any atom is -0.481 e. The van der Waals surface area contributed by atoms with Crippen LogP contribution in [-0.4, -0.2) is 28.8 Å². The van der Waals surface area contributed by atoms with E-state index in [4.69, 9.17) is 5.11 Å². The highest BCUT2D eigenvalue weighted by molar-refractivity contribution is 7.09. The topological polar surface area (TPSA) is 62.2 Å². The quantitative estimate of drug-likeness (QED) is 0.855. The summed E-state index contributed by atoms with van der Waals surface area (Å²) in [6.07, 6.45) is -4.74. The van der Waals surface area contributed by atoms with Gasteiger partial charge in [0.1, 0.15) is 5.01 Å². The molecule has 0 aliphatic carbocycles. The molecular weight excluding hydrogens is 257 g/mol. The monoisotopic (exact) mass is 268 g/mol. The van der Waals surface area contributed by atoms with Crippen molar-refractivity contribution < 1.29 is 23.1 Å². The van der Waals surface area contributed by atoms with Crippen LogP contribution in [0.3, 0.4) is 0 Å². The third kappa shape index (κ3) is 4.31. The van der Waals surface area contributed by atoms with Crippen molar-refractivity contribution in [2.24, 2.45) is 5.92 Å². The zero-order chi connectivity index (χ0) is 13.1. The zero-order valence-electron chi connectivity index (χ0n) is 8.91. The smallest absolute Gasteiger partial charge is 0.403 e. The number of carboxylic acid groups (broad SMARTS) is 1. The summed E-state index contributed by atoms with van der Waals surface area (Å²) in [5, 5.41) is 13.3. The Labute approximate surface area is 99.5 Å². The fourth-order valence-electron chi connectivity index (χ4n) is 1.15. The van der Waals surface area contributed by atoms with Gasteiger partial charge in [-0.05, 0) is 6.92 Å². The van der Waals surface area contributed by atoms with Gasteiger partial charge < -0.3 is 10.4 Å². The van der Waals surface area contributed by atoms with E-state index in [1.165, 1.54) is 11.3 Å². The first-order chi connectivity index (χ1) is 7.80. The van der Waals surface area contributed by atoms with Crippen molar-refractivity contribution in [2.75, 3.05) is 6.54 Å². The molecule has 1 atom stereocenters. The Morgan fingerprint density at radius 2 is 2.29 bits per heavy atom. The standard InChI is InChI=1S/C9H11F3N2O2S/c1-5-4-17-7(14-5)3-13-2-6(8(15)16)9(10,11)12/h4,6,13H,2-3H2,1H3,(H,15,16). The van der Waals surface area contributed by atoms with Crippen molar-refractivity contribution in [3.8, 4) is 0 Å². The van der Waals surface area contributed by atoms with Crippen molar-refractivity contribution in [1.29, 1.82) is 0 Å². The van der Waals surface area contributed by atoms with Crippen LogP contribution in [0.4, 0.5) is 13.2 Å². The van der Waals surface area contributed by atoms with Crippen LogP contribution in [0.25, 0.3) is 0 Å². The number of nitrogens with zero attached hydrogens (tertiary/aromatic N) is 1. The lowest BCUT2D eigenvalue weighted by Gasteiger charge is -2.15. The molecule has 1 rings (SSSR count). The first-order valence-electron chi connectivity index (χ1n) is 4.72. The van der Waals surface area contributed by atoms with E-state index in [0.717, 1.165) is 5.69 Å². The van der Waals surface area contributed by atoms with Gasteiger partial charge in [0.15, 0.2) is 5.92 Å². The van der Waals surface area contributed by atoms with Gasteiger partial charge in [0, 0.05) is 24.2 Å². The number of hydrogen-bond donors (Lipinski definition) is 2. The fourth-order valence-corrected chi connectivity index (χ4v) is 1.89. The van der Waals surface area contributed by atoms with Crippen LogP contribution in [0, 0.1) is 12.8 Å². The SMILES string of the molecule is Cc1csc(CNCC(C(=O)O)C(F)(F)F)n1. The summed E-state index contributed by atoms with van der Waals surface area (Å²) in [5.74, 6) is -4.26. The van der Waals surface area contributed by atoms with Gasteiger partial charge in [-0.15, -0.1) is 11.3 Å². The molecule has 1 aromatic rings. The maximum absolute atomic E-state index is 12.3. The molecule has 0 aliphatic rings. The lowest BCUT2D eigenvalue weighted by Crippen LogP contribution is -2.38. The number of aryl methyl sites for hydroxylation is 1. The largest absolute Gasteiger partial charge is 0.481 e. The van der Waals surface area contributed by atoms with Crippen LogP contribution in [0.2, 0.25) is 0 Å². The Hall–Kier alpha value is -1.15. The minimum atomic E-state index is -4.74. The molecule has 0 aliphatic heterocycles. The molecule has 1 aromatic heterocycles. The molecule has 1 heterocycles. The number of carbonyl (C=O) groups is 1. The van der Waals surface area contributed by atoms with Crippen LogP contribution in [0.5, 0.6) is 0 Å². The van der Waals surface area contributed by atoms with E-state index >= 15 is 0 Å². The second-order valence-electron chi connectivity index (χ2n) is 3.45. The van der Waals surface area contributed by atoms with Crippen LogP contribution < -0.4 is 5.32 Å². The molecule has 0 saturated carbocycles. The number of nitrogens with one attached hydrogen (secondary N) is 1. The first kappa shape index (κ1) is 13.9. The van der Waals surface area contributed by atoms with Crippen LogP contribution in [0.15, 0.2) is 5.38 Å². The van der Waals surface area contributed by atoms with E-state index in [0.29, 0.717) is 5.01 Å². The highest BCUT2D eigenvalue weighted by atomic mass is 32.1. The molecule has 0 saturated heterocycles. The molecule has 0 fully saturated rings. The number of rotatable bonds is 5. The van der Waals surface area contributed by atoms with Crippen LogP contribution in [-0.2, 0) is 11.3 Å². The van der Waals surface area contributed by atoms with Crippen LogP contribution in [0.1, 0.15) is 10.7 Å². The van der Waals surface area contributed by atoms with E-state index in [1.807, 2.05) is 0 Å². The fraction of sp³-hybridized carbons (Fsp3) is 0.556. The third-order valence-electron chi connectivity index (χ3n) is 1.98. The lowest BCUT2D eigenvalue weighted by molar-refractivity contribution is -0.192. The number of hydrogen-bond acceptors (Lipinski definition) is 4. The highest BCUT2D eigenvalue weighted by Crippen LogP contribution is 2.25. The number of halogens is 3. The molecule has 0 aromatic carbocycles. The van der Waals surface area contributed by atoms with Gasteiger partial charge in [0.2, 0.25) is 0 Å². The van der Waals surface area contributed by atoms with Crippen LogP contribution >= 0.6 is 11.3 Å². The van der Waals surface area contributed by atoms with Gasteiger partial charge in [0.25, 0.3) is 0 Å². The molecule has 0 bridgehead atoms. The molecule has 2 N–H and O–H groups in total. The highest BCUT2D eigenvalue weighted by Gasteiger charge is 2.44. The average molecular weight is 268 g/mol. The zero-order valence-corrected chi connectivity index (χ0v) is 9.73. The Morgan fingerprint density at radius 1 is 1.65 bits per heavy atom. The summed E-state index contributed by atoms with van der Waals surface area (Å²) in [5.41, 5.74) is 0.789. The Balaban J connectivity index is 2.46. The Kier molecular flexibility index (Phi) is 4.47. The number of thiazole rings is 1. The molecule has 0 radical (unpaired) electrons. The van der Waals surface area contributed by atoms with Gasteiger partial charge in [-0.3, -0.25) is 4.79 Å². The second kappa shape index (κ2) is 5.46. The van der Waals surface area contributed by atoms with Gasteiger partial charge in [-0.1, -0.05) is 0 Å². The predicted molar refractivity (Wildman–Crippen MR) is 55.7 cm³/mol. The van der Waals surface area contributed by atoms with Crippen molar-refractivity contribution in [2.45, 2.75) is 19.6 Å². The first-order valence-corrected chi connectivity index (χ1v) is 5.60. The van der Waals surface area contributed by atoms with Gasteiger partial charge in [-0.25, -0.2) is 4.98 Å². The summed E-state index contributed by atoms with van der Waals surface area (Å²) in [7, 11) is 0. The summed E-state index contributed by atoms with van der Waals surface area (Å²) in [4.78, 5) is 14.5. The number of carboxylic acids is 1.